The number of anilines is 2. The number of sulfonamides is 1. The number of hydrogen-bond acceptors (Lipinski definition) is 6. The predicted octanol–water partition coefficient (Wildman–Crippen LogP) is 5.59. The summed E-state index contributed by atoms with van der Waals surface area (Å²) in [6.07, 6.45) is 0. The highest BCUT2D eigenvalue weighted by atomic mass is 32.9. The zero-order chi connectivity index (χ0) is 21.0. The smallest absolute Gasteiger partial charge is 0.249 e. The molecule has 0 bridgehead atoms. The van der Waals surface area contributed by atoms with E-state index in [0.29, 0.717) is 9.67 Å². The van der Waals surface area contributed by atoms with Gasteiger partial charge in [0.1, 0.15) is 9.67 Å². The SMILES string of the molecule is CC(C)N(C(C)C)S(=O)(=O)c1c(Nc2ccccc2)ssc1=Nc1ccccc1. The second-order valence-electron chi connectivity index (χ2n) is 7.09. The highest BCUT2D eigenvalue weighted by Gasteiger charge is 2.34. The number of para-hydroxylation sites is 2. The maximum Gasteiger partial charge on any atom is 0.249 e. The molecule has 5 nitrogen and oxygen atoms in total. The number of benzene rings is 2. The monoisotopic (exact) mass is 447 g/mol. The summed E-state index contributed by atoms with van der Waals surface area (Å²) in [7, 11) is -1.01. The van der Waals surface area contributed by atoms with E-state index in [4.69, 9.17) is 0 Å². The third-order valence-electron chi connectivity index (χ3n) is 4.18. The average molecular weight is 448 g/mol. The predicted molar refractivity (Wildman–Crippen MR) is 123 cm³/mol. The van der Waals surface area contributed by atoms with Crippen LogP contribution in [0.2, 0.25) is 0 Å². The van der Waals surface area contributed by atoms with E-state index in [-0.39, 0.29) is 17.0 Å². The van der Waals surface area contributed by atoms with Crippen molar-refractivity contribution in [2.75, 3.05) is 5.32 Å². The van der Waals surface area contributed by atoms with Gasteiger partial charge in [0.25, 0.3) is 0 Å². The van der Waals surface area contributed by atoms with Gasteiger partial charge in [-0.05, 0) is 52.0 Å². The van der Waals surface area contributed by atoms with Gasteiger partial charge >= 0.3 is 0 Å². The minimum Gasteiger partial charge on any atom is -0.345 e. The molecule has 0 atom stereocenters. The van der Waals surface area contributed by atoms with E-state index < -0.39 is 10.0 Å². The molecule has 1 aromatic heterocycles. The van der Waals surface area contributed by atoms with Gasteiger partial charge in [-0.2, -0.15) is 4.31 Å². The van der Waals surface area contributed by atoms with E-state index in [2.05, 4.69) is 10.3 Å². The maximum atomic E-state index is 13.7. The van der Waals surface area contributed by atoms with Crippen LogP contribution >= 0.6 is 20.7 Å². The molecule has 2 aromatic carbocycles. The van der Waals surface area contributed by atoms with Crippen molar-refractivity contribution in [1.82, 2.24) is 4.31 Å². The largest absolute Gasteiger partial charge is 0.345 e. The van der Waals surface area contributed by atoms with Crippen LogP contribution < -0.4 is 9.99 Å². The van der Waals surface area contributed by atoms with Crippen molar-refractivity contribution in [3.05, 3.63) is 65.3 Å². The number of nitrogens with one attached hydrogen (secondary N) is 1. The molecule has 0 unspecified atom stereocenters. The van der Waals surface area contributed by atoms with Crippen LogP contribution in [0.5, 0.6) is 0 Å². The van der Waals surface area contributed by atoms with Gasteiger partial charge in [0, 0.05) is 17.8 Å². The highest BCUT2D eigenvalue weighted by molar-refractivity contribution is 7.90. The number of nitrogens with zero attached hydrogens (tertiary/aromatic N) is 2. The normalized spacial score (nSPS) is 12.9. The second kappa shape index (κ2) is 9.21. The molecule has 0 aliphatic heterocycles. The summed E-state index contributed by atoms with van der Waals surface area (Å²) >= 11 is 0. The molecule has 0 fully saturated rings. The van der Waals surface area contributed by atoms with Crippen molar-refractivity contribution in [1.29, 1.82) is 0 Å². The molecule has 0 spiro atoms. The Balaban J connectivity index is 2.21. The zero-order valence-corrected chi connectivity index (χ0v) is 19.3. The molecule has 154 valence electrons. The quantitative estimate of drug-likeness (QED) is 0.480. The molecule has 0 saturated carbocycles. The topological polar surface area (TPSA) is 61.8 Å². The molecule has 0 radical (unpaired) electrons. The first-order valence-electron chi connectivity index (χ1n) is 9.39. The van der Waals surface area contributed by atoms with Crippen molar-refractivity contribution in [3.63, 3.8) is 0 Å². The first-order valence-corrected chi connectivity index (χ1v) is 13.0. The summed E-state index contributed by atoms with van der Waals surface area (Å²) < 4.78 is 29.5. The average Bonchev–Trinajstić information content (AvgIpc) is 3.05. The van der Waals surface area contributed by atoms with Crippen LogP contribution in [0.1, 0.15) is 27.7 Å². The molecule has 0 aliphatic carbocycles. The van der Waals surface area contributed by atoms with E-state index in [1.54, 1.807) is 4.31 Å². The van der Waals surface area contributed by atoms with Crippen LogP contribution in [0, 0.1) is 0 Å². The first-order chi connectivity index (χ1) is 13.8. The Morgan fingerprint density at radius 3 is 1.97 bits per heavy atom. The van der Waals surface area contributed by atoms with E-state index >= 15 is 0 Å². The molecule has 29 heavy (non-hydrogen) atoms. The minimum atomic E-state index is -3.76. The fraction of sp³-hybridized carbons (Fsp3) is 0.286. The Morgan fingerprint density at radius 1 is 0.862 bits per heavy atom. The molecule has 1 heterocycles. The van der Waals surface area contributed by atoms with Crippen molar-refractivity contribution in [2.24, 2.45) is 4.99 Å². The van der Waals surface area contributed by atoms with Crippen molar-refractivity contribution in [2.45, 2.75) is 44.7 Å². The van der Waals surface area contributed by atoms with Gasteiger partial charge in [-0.3, -0.25) is 0 Å². The molecule has 0 aliphatic rings. The van der Waals surface area contributed by atoms with Crippen LogP contribution in [-0.2, 0) is 10.0 Å². The summed E-state index contributed by atoms with van der Waals surface area (Å²) in [5.74, 6) is 0. The lowest BCUT2D eigenvalue weighted by Gasteiger charge is -2.29. The van der Waals surface area contributed by atoms with Crippen LogP contribution in [-0.4, -0.2) is 24.8 Å². The lowest BCUT2D eigenvalue weighted by atomic mass is 10.3. The lowest BCUT2D eigenvalue weighted by Crippen LogP contribution is -2.43. The Bertz CT molecular complexity index is 1090. The van der Waals surface area contributed by atoms with E-state index in [9.17, 15) is 8.42 Å². The van der Waals surface area contributed by atoms with Gasteiger partial charge in [-0.15, -0.1) is 0 Å². The van der Waals surface area contributed by atoms with Crippen LogP contribution in [0.3, 0.4) is 0 Å². The fourth-order valence-electron chi connectivity index (χ4n) is 3.16. The standard InChI is InChI=1S/C21H25N3O2S3/c1-15(2)24(16(3)4)29(25,26)19-20(22-17-11-7-5-8-12-17)27-28-21(19)23-18-13-9-6-10-14-18/h5-16,22H,1-4H3. The van der Waals surface area contributed by atoms with Crippen molar-refractivity contribution < 1.29 is 8.42 Å². The van der Waals surface area contributed by atoms with Gasteiger partial charge in [-0.25, -0.2) is 13.4 Å². The maximum absolute atomic E-state index is 13.7. The first kappa shape index (κ1) is 21.7. The Morgan fingerprint density at radius 2 is 1.41 bits per heavy atom. The number of hydrogen-bond donors (Lipinski definition) is 1. The Hall–Kier alpha value is -2.00. The molecule has 0 amide bonds. The Kier molecular flexibility index (Phi) is 6.89. The van der Waals surface area contributed by atoms with Crippen molar-refractivity contribution >= 4 is 47.1 Å². The van der Waals surface area contributed by atoms with Gasteiger partial charge in [0.15, 0.2) is 4.90 Å². The van der Waals surface area contributed by atoms with Crippen LogP contribution in [0.15, 0.2) is 70.6 Å². The second-order valence-corrected chi connectivity index (χ2v) is 11.0. The number of rotatable bonds is 7. The summed E-state index contributed by atoms with van der Waals surface area (Å²) in [5, 5.41) is 3.87. The van der Waals surface area contributed by atoms with E-state index in [1.165, 1.54) is 20.7 Å². The summed E-state index contributed by atoms with van der Waals surface area (Å²) in [6.45, 7) is 7.58. The third-order valence-corrected chi connectivity index (χ3v) is 8.98. The van der Waals surface area contributed by atoms with Gasteiger partial charge in [-0.1, -0.05) is 57.1 Å². The van der Waals surface area contributed by atoms with Crippen molar-refractivity contribution in [3.8, 4) is 0 Å². The molecular weight excluding hydrogens is 422 g/mol. The lowest BCUT2D eigenvalue weighted by molar-refractivity contribution is 0.302. The molecule has 0 saturated heterocycles. The van der Waals surface area contributed by atoms with Gasteiger partial charge < -0.3 is 5.32 Å². The van der Waals surface area contributed by atoms with E-state index in [1.807, 2.05) is 88.4 Å². The Labute approximate surface area is 179 Å². The summed E-state index contributed by atoms with van der Waals surface area (Å²) in [5.41, 5.74) is 1.56. The summed E-state index contributed by atoms with van der Waals surface area (Å²) in [4.78, 5) is 4.89. The fourth-order valence-corrected chi connectivity index (χ4v) is 8.33. The molecule has 1 N–H and O–H groups in total. The zero-order valence-electron chi connectivity index (χ0n) is 16.9. The third kappa shape index (κ3) is 4.95. The van der Waals surface area contributed by atoms with Gasteiger partial charge in [0.05, 0.1) is 5.69 Å². The van der Waals surface area contributed by atoms with E-state index in [0.717, 1.165) is 11.4 Å². The van der Waals surface area contributed by atoms with Crippen LogP contribution in [0.25, 0.3) is 0 Å². The molecule has 8 heteroatoms. The summed E-state index contributed by atoms with van der Waals surface area (Å²) in [6, 6.07) is 18.7. The molecule has 3 aromatic rings. The minimum absolute atomic E-state index is 0.168. The molecular formula is C21H25N3O2S3. The molecule has 3 rings (SSSR count). The van der Waals surface area contributed by atoms with Gasteiger partial charge in [0.2, 0.25) is 10.0 Å². The highest BCUT2D eigenvalue weighted by Crippen LogP contribution is 2.34. The van der Waals surface area contributed by atoms with Crippen LogP contribution in [0.4, 0.5) is 16.4 Å².